The summed E-state index contributed by atoms with van der Waals surface area (Å²) in [6, 6.07) is 0. The predicted molar refractivity (Wildman–Crippen MR) is 186 cm³/mol. The van der Waals surface area contributed by atoms with Gasteiger partial charge in [-0.05, 0) is 88.0 Å². The highest BCUT2D eigenvalue weighted by molar-refractivity contribution is 5.78. The first-order valence-electron chi connectivity index (χ1n) is 14.7. The molecule has 0 aliphatic carbocycles. The van der Waals surface area contributed by atoms with Gasteiger partial charge in [-0.15, -0.1) is 0 Å². The molecule has 0 spiro atoms. The largest absolute Gasteiger partial charge is 0.298 e. The number of carbonyl (C=O) groups is 1. The van der Waals surface area contributed by atoms with Gasteiger partial charge in [-0.1, -0.05) is 148 Å². The van der Waals surface area contributed by atoms with Gasteiger partial charge in [-0.2, -0.15) is 0 Å². The lowest BCUT2D eigenvalue weighted by molar-refractivity contribution is -0.104. The smallest absolute Gasteiger partial charge is 0.150 e. The summed E-state index contributed by atoms with van der Waals surface area (Å²) in [6.45, 7) is 19.1. The van der Waals surface area contributed by atoms with Crippen molar-refractivity contribution in [2.45, 2.75) is 88.0 Å². The van der Waals surface area contributed by atoms with Crippen LogP contribution >= 0.6 is 0 Å². The number of hydrogen-bond donors (Lipinski definition) is 0. The highest BCUT2D eigenvalue weighted by Crippen LogP contribution is 2.09. The maximum Gasteiger partial charge on any atom is 0.150 e. The van der Waals surface area contributed by atoms with E-state index >= 15 is 0 Å². The van der Waals surface area contributed by atoms with Crippen LogP contribution in [0, 0.1) is 0 Å². The first-order chi connectivity index (χ1) is 19.5. The van der Waals surface area contributed by atoms with Crippen molar-refractivity contribution in [3.05, 3.63) is 154 Å². The molecule has 0 saturated carbocycles. The van der Waals surface area contributed by atoms with Crippen LogP contribution in [-0.2, 0) is 4.79 Å². The number of aldehydes is 1. The molecule has 0 aliphatic heterocycles. The van der Waals surface area contributed by atoms with Crippen molar-refractivity contribution in [2.24, 2.45) is 0 Å². The minimum absolute atomic E-state index is 0.643. The van der Waals surface area contributed by atoms with Gasteiger partial charge in [0.1, 0.15) is 6.29 Å². The van der Waals surface area contributed by atoms with Gasteiger partial charge in [-0.25, -0.2) is 0 Å². The van der Waals surface area contributed by atoms with Crippen molar-refractivity contribution in [3.8, 4) is 0 Å². The molecule has 0 atom stereocenters. The Labute approximate surface area is 252 Å². The van der Waals surface area contributed by atoms with Crippen molar-refractivity contribution in [2.75, 3.05) is 0 Å². The fourth-order valence-electron chi connectivity index (χ4n) is 3.41. The van der Waals surface area contributed by atoms with E-state index in [9.17, 15) is 4.79 Å². The van der Waals surface area contributed by atoms with Crippen LogP contribution in [0.2, 0.25) is 0 Å². The molecule has 0 aromatic carbocycles. The van der Waals surface area contributed by atoms with E-state index in [1.54, 1.807) is 0 Å². The number of carbonyl (C=O) groups excluding carboxylic acids is 1. The van der Waals surface area contributed by atoms with Gasteiger partial charge in [0.25, 0.3) is 0 Å². The molecule has 1 nitrogen and oxygen atoms in total. The van der Waals surface area contributed by atoms with E-state index in [-0.39, 0.29) is 0 Å². The molecule has 0 aliphatic rings. The Hall–Kier alpha value is -3.71. The van der Waals surface area contributed by atoms with Crippen molar-refractivity contribution in [3.63, 3.8) is 0 Å². The Morgan fingerprint density at radius 1 is 0.439 bits per heavy atom. The highest BCUT2D eigenvalue weighted by atomic mass is 16.1. The van der Waals surface area contributed by atoms with Gasteiger partial charge < -0.3 is 0 Å². The lowest BCUT2D eigenvalue weighted by atomic mass is 10.1. The van der Waals surface area contributed by atoms with Gasteiger partial charge >= 0.3 is 0 Å². The van der Waals surface area contributed by atoms with Crippen molar-refractivity contribution < 1.29 is 4.79 Å². The minimum Gasteiger partial charge on any atom is -0.298 e. The summed E-state index contributed by atoms with van der Waals surface area (Å²) in [5.74, 6) is 0. The van der Waals surface area contributed by atoms with Crippen LogP contribution < -0.4 is 0 Å². The summed E-state index contributed by atoms with van der Waals surface area (Å²) in [6.07, 6.45) is 42.3. The fraction of sp³-hybridized carbons (Fsp3) is 0.325. The maximum absolute atomic E-state index is 11.4. The summed E-state index contributed by atoms with van der Waals surface area (Å²) in [5, 5.41) is 0. The molecule has 0 radical (unpaired) electrons. The zero-order valence-corrected chi connectivity index (χ0v) is 27.2. The predicted octanol–water partition coefficient (Wildman–Crippen LogP) is 12.1. The third-order valence-electron chi connectivity index (χ3n) is 5.92. The van der Waals surface area contributed by atoms with Crippen molar-refractivity contribution >= 4 is 6.29 Å². The topological polar surface area (TPSA) is 17.1 Å². The summed E-state index contributed by atoms with van der Waals surface area (Å²) < 4.78 is 0. The molecule has 1 heteroatoms. The van der Waals surface area contributed by atoms with Crippen molar-refractivity contribution in [1.82, 2.24) is 0 Å². The molecule has 220 valence electrons. The molecule has 0 fully saturated rings. The second-order valence-electron chi connectivity index (χ2n) is 11.0. The number of hydrogen-bond acceptors (Lipinski definition) is 1. The van der Waals surface area contributed by atoms with E-state index in [1.165, 1.54) is 33.4 Å². The van der Waals surface area contributed by atoms with E-state index in [2.05, 4.69) is 122 Å². The fourth-order valence-corrected chi connectivity index (χ4v) is 3.41. The molecule has 0 aromatic heterocycles. The van der Waals surface area contributed by atoms with E-state index in [0.29, 0.717) is 5.57 Å². The average molecular weight is 551 g/mol. The summed E-state index contributed by atoms with van der Waals surface area (Å²) in [5.41, 5.74) is 9.56. The molecule has 0 unspecified atom stereocenters. The van der Waals surface area contributed by atoms with Gasteiger partial charge in [0.15, 0.2) is 0 Å². The maximum atomic E-state index is 11.4. The van der Waals surface area contributed by atoms with Crippen LogP contribution in [0.3, 0.4) is 0 Å². The van der Waals surface area contributed by atoms with Crippen LogP contribution in [0.1, 0.15) is 88.0 Å². The quantitative estimate of drug-likeness (QED) is 0.0761. The summed E-state index contributed by atoms with van der Waals surface area (Å²) in [7, 11) is 0. The van der Waals surface area contributed by atoms with Crippen LogP contribution in [0.5, 0.6) is 0 Å². The van der Waals surface area contributed by atoms with Crippen LogP contribution in [0.4, 0.5) is 0 Å². The molecule has 0 saturated heterocycles. The molecule has 0 bridgehead atoms. The number of rotatable bonds is 17. The van der Waals surface area contributed by atoms with Crippen molar-refractivity contribution in [1.29, 1.82) is 0 Å². The molecular formula is C40H54O. The molecule has 0 aromatic rings. The molecule has 0 amide bonds. The normalized spacial score (nSPS) is 14.9. The third kappa shape index (κ3) is 25.0. The first-order valence-corrected chi connectivity index (χ1v) is 14.7. The lowest BCUT2D eigenvalue weighted by Crippen LogP contribution is -1.79. The Morgan fingerprint density at radius 3 is 1.22 bits per heavy atom. The zero-order valence-electron chi connectivity index (χ0n) is 27.2. The number of allylic oxidation sites excluding steroid dienone is 26. The van der Waals surface area contributed by atoms with Crippen LogP contribution in [-0.4, -0.2) is 6.29 Å². The Morgan fingerprint density at radius 2 is 0.805 bits per heavy atom. The molecule has 41 heavy (non-hydrogen) atoms. The minimum atomic E-state index is 0.643. The van der Waals surface area contributed by atoms with Gasteiger partial charge in [0, 0.05) is 5.57 Å². The van der Waals surface area contributed by atoms with E-state index < -0.39 is 0 Å². The lowest BCUT2D eigenvalue weighted by Gasteiger charge is -1.96. The van der Waals surface area contributed by atoms with E-state index in [1.807, 2.05) is 49.5 Å². The van der Waals surface area contributed by atoms with Crippen LogP contribution in [0.25, 0.3) is 0 Å². The molecule has 0 heterocycles. The van der Waals surface area contributed by atoms with Gasteiger partial charge in [0.05, 0.1) is 0 Å². The van der Waals surface area contributed by atoms with E-state index in [0.717, 1.165) is 37.5 Å². The standard InChI is InChI=1S/C40H54O/c1-33(2)18-12-22-37(7)25-15-27-39(9)26-14-24-35(5)20-10-11-21-36(6)28-16-30-40(32-41)31-17-29-38(8)23-13-19-34(3)4/h10-11,14-21,24-32H,12-13,22-23H2,1-9H3/b11-10+,24-14+,27-15+,28-16+,31-17+,35-20+,36-21+,37-25+,38-29+,39-26+,40-30+. The third-order valence-corrected chi connectivity index (χ3v) is 5.92. The summed E-state index contributed by atoms with van der Waals surface area (Å²) in [4.78, 5) is 11.4. The van der Waals surface area contributed by atoms with Gasteiger partial charge in [-0.3, -0.25) is 4.79 Å². The average Bonchev–Trinajstić information content (AvgIpc) is 2.89. The van der Waals surface area contributed by atoms with Crippen LogP contribution in [0.15, 0.2) is 154 Å². The SMILES string of the molecule is CC(C)=CCC/C(C)=C/C=C/C(C)=C/C=C/C(C)=C/C=C/C=C(C)/C=C/C=C(C=O)\C=C\C=C(/C)CCC=C(C)C. The molecule has 0 rings (SSSR count). The Balaban J connectivity index is 4.83. The second kappa shape index (κ2) is 24.1. The Bertz CT molecular complexity index is 1190. The first kappa shape index (κ1) is 37.3. The van der Waals surface area contributed by atoms with Gasteiger partial charge in [0.2, 0.25) is 0 Å². The second-order valence-corrected chi connectivity index (χ2v) is 11.0. The monoisotopic (exact) mass is 550 g/mol. The molecular weight excluding hydrogens is 496 g/mol. The summed E-state index contributed by atoms with van der Waals surface area (Å²) >= 11 is 0. The zero-order chi connectivity index (χ0) is 30.9. The van der Waals surface area contributed by atoms with E-state index in [4.69, 9.17) is 0 Å². The highest BCUT2D eigenvalue weighted by Gasteiger charge is 1.90. The Kier molecular flexibility index (Phi) is 21.9. The molecule has 0 N–H and O–H groups in total.